The van der Waals surface area contributed by atoms with Gasteiger partial charge in [-0.1, -0.05) is 23.7 Å². The third kappa shape index (κ3) is 4.02. The van der Waals surface area contributed by atoms with Crippen LogP contribution in [0.25, 0.3) is 11.2 Å². The number of hydrogen-bond acceptors (Lipinski definition) is 6. The zero-order chi connectivity index (χ0) is 22.8. The summed E-state index contributed by atoms with van der Waals surface area (Å²) in [5.74, 6) is 1.07. The summed E-state index contributed by atoms with van der Waals surface area (Å²) in [5, 5.41) is 4.85. The molecule has 9 nitrogen and oxygen atoms in total. The lowest BCUT2D eigenvalue weighted by Gasteiger charge is -2.09. The maximum Gasteiger partial charge on any atom is 0.332 e. The number of methoxy groups -OCH3 is 1. The molecule has 0 atom stereocenters. The van der Waals surface area contributed by atoms with Crippen LogP contribution >= 0.6 is 11.6 Å². The van der Waals surface area contributed by atoms with Crippen molar-refractivity contribution in [2.75, 3.05) is 12.5 Å². The fraction of sp³-hybridized carbons (Fsp3) is 0.182. The predicted octanol–water partition coefficient (Wildman–Crippen LogP) is 2.59. The van der Waals surface area contributed by atoms with E-state index in [4.69, 9.17) is 16.3 Å². The van der Waals surface area contributed by atoms with Gasteiger partial charge < -0.3 is 4.74 Å². The zero-order valence-corrected chi connectivity index (χ0v) is 18.5. The smallest absolute Gasteiger partial charge is 0.332 e. The molecule has 10 heteroatoms. The summed E-state index contributed by atoms with van der Waals surface area (Å²) >= 11 is 6.13. The lowest BCUT2D eigenvalue weighted by Crippen LogP contribution is -2.37. The number of aryl methyl sites for hydroxylation is 1. The summed E-state index contributed by atoms with van der Waals surface area (Å²) in [5.41, 5.74) is 4.28. The van der Waals surface area contributed by atoms with Gasteiger partial charge in [0.2, 0.25) is 5.95 Å². The van der Waals surface area contributed by atoms with Gasteiger partial charge in [0.05, 0.1) is 19.9 Å². The van der Waals surface area contributed by atoms with Crippen molar-refractivity contribution in [3.8, 4) is 5.75 Å². The summed E-state index contributed by atoms with van der Waals surface area (Å²) in [6.07, 6.45) is 1.62. The topological polar surface area (TPSA) is 95.4 Å². The Hall–Kier alpha value is -3.85. The molecule has 1 N–H and O–H groups in total. The van der Waals surface area contributed by atoms with Gasteiger partial charge in [0, 0.05) is 19.1 Å². The molecule has 0 bridgehead atoms. The molecule has 0 unspecified atom stereocenters. The van der Waals surface area contributed by atoms with Crippen LogP contribution in [0.15, 0.2) is 63.2 Å². The Bertz CT molecular complexity index is 1430. The Labute approximate surface area is 188 Å². The van der Waals surface area contributed by atoms with E-state index in [1.165, 1.54) is 11.6 Å². The number of fused-ring (bicyclic) bond motifs is 1. The van der Waals surface area contributed by atoms with E-state index in [1.54, 1.807) is 31.0 Å². The van der Waals surface area contributed by atoms with E-state index >= 15 is 0 Å². The lowest BCUT2D eigenvalue weighted by atomic mass is 10.2. The maximum absolute atomic E-state index is 12.9. The summed E-state index contributed by atoms with van der Waals surface area (Å²) in [6.45, 7) is 0.310. The van der Waals surface area contributed by atoms with Gasteiger partial charge in [-0.3, -0.25) is 18.5 Å². The molecule has 0 aliphatic carbocycles. The number of imidazole rings is 1. The summed E-state index contributed by atoms with van der Waals surface area (Å²) < 4.78 is 9.24. The van der Waals surface area contributed by atoms with Crippen molar-refractivity contribution in [2.45, 2.75) is 6.54 Å². The highest BCUT2D eigenvalue weighted by atomic mass is 35.5. The normalized spacial score (nSPS) is 11.4. The number of halogens is 1. The lowest BCUT2D eigenvalue weighted by molar-refractivity contribution is 0.415. The second kappa shape index (κ2) is 8.72. The first kappa shape index (κ1) is 21.4. The average Bonchev–Trinajstić information content (AvgIpc) is 3.15. The molecule has 0 amide bonds. The summed E-state index contributed by atoms with van der Waals surface area (Å²) in [6, 6.07) is 14.7. The Balaban J connectivity index is 1.78. The second-order valence-corrected chi connectivity index (χ2v) is 7.61. The molecule has 0 aliphatic heterocycles. The molecule has 2 aromatic heterocycles. The van der Waals surface area contributed by atoms with E-state index in [0.717, 1.165) is 21.4 Å². The minimum Gasteiger partial charge on any atom is -0.497 e. The molecule has 4 rings (SSSR count). The molecular weight excluding hydrogens is 432 g/mol. The molecule has 0 fully saturated rings. The third-order valence-corrected chi connectivity index (χ3v) is 5.31. The van der Waals surface area contributed by atoms with Crippen LogP contribution in [0.5, 0.6) is 5.75 Å². The Morgan fingerprint density at radius 3 is 2.56 bits per heavy atom. The van der Waals surface area contributed by atoms with Gasteiger partial charge in [0.15, 0.2) is 11.2 Å². The minimum atomic E-state index is -0.455. The summed E-state index contributed by atoms with van der Waals surface area (Å²) in [7, 11) is 4.62. The SMILES string of the molecule is COc1ccc(C=NNc2nc3c(c(=O)n(C)c(=O)n3C)n2Cc2cccc(Cl)c2)cc1. The van der Waals surface area contributed by atoms with E-state index in [-0.39, 0.29) is 11.2 Å². The van der Waals surface area contributed by atoms with Gasteiger partial charge in [0.1, 0.15) is 5.75 Å². The minimum absolute atomic E-state index is 0.266. The van der Waals surface area contributed by atoms with E-state index in [2.05, 4.69) is 15.5 Å². The maximum atomic E-state index is 12.9. The van der Waals surface area contributed by atoms with Crippen LogP contribution in [0.2, 0.25) is 5.02 Å². The van der Waals surface area contributed by atoms with Crippen molar-refractivity contribution >= 4 is 34.9 Å². The molecule has 0 spiro atoms. The van der Waals surface area contributed by atoms with E-state index in [1.807, 2.05) is 42.5 Å². The second-order valence-electron chi connectivity index (χ2n) is 7.17. The fourth-order valence-electron chi connectivity index (χ4n) is 3.36. The molecule has 0 saturated carbocycles. The Morgan fingerprint density at radius 1 is 1.12 bits per heavy atom. The number of aromatic nitrogens is 4. The van der Waals surface area contributed by atoms with Crippen LogP contribution in [-0.4, -0.2) is 32.0 Å². The van der Waals surface area contributed by atoms with Gasteiger partial charge in [0.25, 0.3) is 5.56 Å². The third-order valence-electron chi connectivity index (χ3n) is 5.07. The van der Waals surface area contributed by atoms with E-state index in [0.29, 0.717) is 17.5 Å². The highest BCUT2D eigenvalue weighted by molar-refractivity contribution is 6.30. The zero-order valence-electron chi connectivity index (χ0n) is 17.7. The summed E-state index contributed by atoms with van der Waals surface area (Å²) in [4.78, 5) is 29.8. The van der Waals surface area contributed by atoms with Crippen LogP contribution in [0.1, 0.15) is 11.1 Å². The quantitative estimate of drug-likeness (QED) is 0.358. The predicted molar refractivity (Wildman–Crippen MR) is 125 cm³/mol. The van der Waals surface area contributed by atoms with Gasteiger partial charge in [-0.2, -0.15) is 10.1 Å². The molecular formula is C22H21ClN6O3. The molecule has 0 aliphatic rings. The number of anilines is 1. The van der Waals surface area contributed by atoms with Crippen molar-refractivity contribution in [1.82, 2.24) is 18.7 Å². The van der Waals surface area contributed by atoms with Crippen molar-refractivity contribution in [3.63, 3.8) is 0 Å². The standard InChI is InChI=1S/C22H21ClN6O3/c1-27-19-18(20(30)28(2)22(27)31)29(13-15-5-4-6-16(23)11-15)21(25-19)26-24-12-14-7-9-17(32-3)10-8-14/h4-12H,13H2,1-3H3,(H,25,26). The Kier molecular flexibility index (Phi) is 5.83. The Morgan fingerprint density at radius 2 is 1.88 bits per heavy atom. The number of ether oxygens (including phenoxy) is 1. The molecule has 4 aromatic rings. The number of nitrogens with one attached hydrogen (secondary N) is 1. The van der Waals surface area contributed by atoms with Gasteiger partial charge >= 0.3 is 5.69 Å². The van der Waals surface area contributed by atoms with Gasteiger partial charge in [-0.15, -0.1) is 0 Å². The first-order valence-electron chi connectivity index (χ1n) is 9.73. The molecule has 0 saturated heterocycles. The van der Waals surface area contributed by atoms with E-state index in [9.17, 15) is 9.59 Å². The number of hydrogen-bond donors (Lipinski definition) is 1. The monoisotopic (exact) mass is 452 g/mol. The van der Waals surface area contributed by atoms with Crippen LogP contribution in [0.3, 0.4) is 0 Å². The molecule has 164 valence electrons. The highest BCUT2D eigenvalue weighted by Gasteiger charge is 2.19. The van der Waals surface area contributed by atoms with Crippen molar-refractivity contribution < 1.29 is 4.74 Å². The van der Waals surface area contributed by atoms with E-state index < -0.39 is 11.2 Å². The van der Waals surface area contributed by atoms with Crippen LogP contribution < -0.4 is 21.4 Å². The first-order chi connectivity index (χ1) is 15.4. The average molecular weight is 453 g/mol. The van der Waals surface area contributed by atoms with Crippen molar-refractivity contribution in [3.05, 3.63) is 85.5 Å². The largest absolute Gasteiger partial charge is 0.497 e. The number of benzene rings is 2. The van der Waals surface area contributed by atoms with Gasteiger partial charge in [-0.25, -0.2) is 10.2 Å². The fourth-order valence-corrected chi connectivity index (χ4v) is 3.57. The van der Waals surface area contributed by atoms with Crippen LogP contribution in [-0.2, 0) is 20.6 Å². The number of nitrogens with zero attached hydrogens (tertiary/aromatic N) is 5. The van der Waals surface area contributed by atoms with Crippen molar-refractivity contribution in [1.29, 1.82) is 0 Å². The molecule has 2 heterocycles. The van der Waals surface area contributed by atoms with Crippen LogP contribution in [0.4, 0.5) is 5.95 Å². The number of rotatable bonds is 6. The molecule has 2 aromatic carbocycles. The highest BCUT2D eigenvalue weighted by Crippen LogP contribution is 2.20. The molecule has 32 heavy (non-hydrogen) atoms. The van der Waals surface area contributed by atoms with Crippen molar-refractivity contribution in [2.24, 2.45) is 19.2 Å². The first-order valence-corrected chi connectivity index (χ1v) is 10.1. The van der Waals surface area contributed by atoms with Gasteiger partial charge in [-0.05, 0) is 47.5 Å². The van der Waals surface area contributed by atoms with Crippen LogP contribution in [0, 0.1) is 0 Å². The molecule has 0 radical (unpaired) electrons. The number of hydrazone groups is 1.